The topological polar surface area (TPSA) is 459 Å². The van der Waals surface area contributed by atoms with Gasteiger partial charge in [0, 0.05) is 32.9 Å². The van der Waals surface area contributed by atoms with Crippen molar-refractivity contribution in [1.29, 1.82) is 0 Å². The van der Waals surface area contributed by atoms with E-state index in [1.807, 2.05) is 0 Å². The van der Waals surface area contributed by atoms with E-state index >= 15 is 0 Å². The van der Waals surface area contributed by atoms with Crippen LogP contribution in [0.1, 0.15) is 0 Å². The van der Waals surface area contributed by atoms with Crippen LogP contribution in [0, 0.1) is 0 Å². The molecule has 0 spiro atoms. The van der Waals surface area contributed by atoms with E-state index in [1.54, 1.807) is 48.5 Å². The molecule has 0 atom stereocenters. The van der Waals surface area contributed by atoms with Gasteiger partial charge in [-0.3, -0.25) is 0 Å². The van der Waals surface area contributed by atoms with E-state index in [-0.39, 0.29) is 76.1 Å². The van der Waals surface area contributed by atoms with Gasteiger partial charge in [-0.05, 0) is 24.3 Å². The Morgan fingerprint density at radius 3 is 0.925 bits per heavy atom. The fourth-order valence-corrected chi connectivity index (χ4v) is 4.43. The van der Waals surface area contributed by atoms with Gasteiger partial charge in [0.25, 0.3) is 0 Å². The molecule has 0 saturated carbocycles. The molecule has 17 nitrogen and oxygen atoms in total. The third-order valence-corrected chi connectivity index (χ3v) is 6.16. The van der Waals surface area contributed by atoms with Crippen molar-refractivity contribution in [3.05, 3.63) is 72.8 Å². The Hall–Kier alpha value is -3.02. The van der Waals surface area contributed by atoms with Crippen molar-refractivity contribution >= 4 is 53.2 Å². The van der Waals surface area contributed by atoms with Crippen LogP contribution in [0.5, 0.6) is 0 Å². The van der Waals surface area contributed by atoms with Gasteiger partial charge in [-0.2, -0.15) is 0 Å². The van der Waals surface area contributed by atoms with Gasteiger partial charge in [-0.1, -0.05) is 48.5 Å². The van der Waals surface area contributed by atoms with Gasteiger partial charge in [-0.25, -0.2) is 16.8 Å². The normalized spacial score (nSPS) is 8.85. The Balaban J connectivity index is -0.0000000683. The number of nitrogen functional groups attached to an aromatic ring is 2. The van der Waals surface area contributed by atoms with Gasteiger partial charge >= 0.3 is 17.1 Å². The van der Waals surface area contributed by atoms with Gasteiger partial charge in [0.1, 0.15) is 20.2 Å². The van der Waals surface area contributed by atoms with Crippen molar-refractivity contribution in [2.24, 2.45) is 0 Å². The van der Waals surface area contributed by atoms with Crippen LogP contribution in [-0.2, 0) is 70.2 Å². The van der Waals surface area contributed by atoms with Crippen molar-refractivity contribution in [1.82, 2.24) is 0 Å². The summed E-state index contributed by atoms with van der Waals surface area (Å²) in [5, 5.41) is 1.89. The van der Waals surface area contributed by atoms with Crippen LogP contribution in [0.25, 0.3) is 21.5 Å². The predicted molar refractivity (Wildman–Crippen MR) is 153 cm³/mol. The number of rotatable bonds is 2. The Morgan fingerprint density at radius 1 is 0.450 bits per heavy atom. The second kappa shape index (κ2) is 21.8. The van der Waals surface area contributed by atoms with E-state index < -0.39 is 20.2 Å². The molecule has 4 aromatic carbocycles. The fraction of sp³-hybridized carbons (Fsp3) is 0. The monoisotopic (exact) mass is 667 g/mol. The van der Waals surface area contributed by atoms with E-state index in [0.717, 1.165) is 0 Å². The Kier molecular flexibility index (Phi) is 31.0. The first-order valence-corrected chi connectivity index (χ1v) is 11.3. The number of benzene rings is 4. The van der Waals surface area contributed by atoms with Crippen LogP contribution in [-0.4, -0.2) is 42.4 Å². The first kappa shape index (κ1) is 57.0. The first-order chi connectivity index (χ1) is 14.0. The second-order valence-corrected chi connectivity index (χ2v) is 9.00. The van der Waals surface area contributed by atoms with Crippen LogP contribution in [0.2, 0.25) is 0 Å². The Morgan fingerprint density at radius 2 is 0.675 bits per heavy atom. The summed E-state index contributed by atoms with van der Waals surface area (Å²) in [7, 11) is -8.90. The number of anilines is 2. The zero-order valence-electron chi connectivity index (χ0n) is 20.7. The number of fused-ring (bicyclic) bond motifs is 2. The van der Waals surface area contributed by atoms with Crippen molar-refractivity contribution in [2.45, 2.75) is 9.79 Å². The third kappa shape index (κ3) is 12.4. The van der Waals surface area contributed by atoms with E-state index in [0.29, 0.717) is 32.9 Å². The summed E-state index contributed by atoms with van der Waals surface area (Å²) in [6.07, 6.45) is 0. The number of hydrogen-bond donors (Lipinski definition) is 2. The minimum Gasteiger partial charge on any atom is -0.744 e. The van der Waals surface area contributed by atoms with Crippen LogP contribution in [0.3, 0.4) is 0 Å². The van der Waals surface area contributed by atoms with Gasteiger partial charge in [-0.15, -0.1) is 0 Å². The molecule has 20 heteroatoms. The molecule has 28 N–H and O–H groups in total. The summed E-state index contributed by atoms with van der Waals surface area (Å²) in [5.74, 6) is 0. The Labute approximate surface area is 239 Å². The smallest absolute Gasteiger partial charge is 0.744 e. The maximum atomic E-state index is 11.0. The second-order valence-electron chi connectivity index (χ2n) is 6.31. The molecule has 233 valence electrons. The average molecular weight is 668 g/mol. The zero-order valence-corrected chi connectivity index (χ0v) is 23.5. The fourth-order valence-electron chi connectivity index (χ4n) is 3.05. The molecule has 0 aromatic heterocycles. The molecule has 0 amide bonds. The quantitative estimate of drug-likeness (QED) is 0.0897. The van der Waals surface area contributed by atoms with E-state index in [4.69, 9.17) is 11.5 Å². The summed E-state index contributed by atoms with van der Waals surface area (Å²) < 4.78 is 65.8. The van der Waals surface area contributed by atoms with Crippen molar-refractivity contribution < 1.29 is 92.3 Å². The maximum absolute atomic E-state index is 11.0. The molecule has 0 fully saturated rings. The summed E-state index contributed by atoms with van der Waals surface area (Å²) >= 11 is 0. The van der Waals surface area contributed by atoms with Gasteiger partial charge in [0.2, 0.25) is 0 Å². The molecule has 0 heterocycles. The van der Waals surface area contributed by atoms with Crippen molar-refractivity contribution in [3.63, 3.8) is 0 Å². The molecule has 40 heavy (non-hydrogen) atoms. The van der Waals surface area contributed by atoms with Crippen molar-refractivity contribution in [2.75, 3.05) is 11.5 Å². The molecule has 4 aromatic rings. The summed E-state index contributed by atoms with van der Waals surface area (Å²) in [6.45, 7) is 0. The molecule has 0 aliphatic rings. The third-order valence-electron chi connectivity index (χ3n) is 4.37. The van der Waals surface area contributed by atoms with Crippen LogP contribution in [0.15, 0.2) is 82.6 Å². The number of nitrogens with two attached hydrogens (primary N) is 2. The molecule has 0 bridgehead atoms. The van der Waals surface area contributed by atoms with Gasteiger partial charge in [0.15, 0.2) is 0 Å². The minimum atomic E-state index is -4.45. The molecule has 4 rings (SSSR count). The van der Waals surface area contributed by atoms with Crippen LogP contribution in [0.4, 0.5) is 11.4 Å². The molecule has 0 aliphatic heterocycles. The first-order valence-electron chi connectivity index (χ1n) is 8.46. The van der Waals surface area contributed by atoms with E-state index in [2.05, 4.69) is 0 Å². The Bertz CT molecular complexity index is 1380. The maximum Gasteiger partial charge on any atom is 2.00 e. The van der Waals surface area contributed by atoms with E-state index in [9.17, 15) is 25.9 Å². The molecule has 0 saturated heterocycles. The van der Waals surface area contributed by atoms with Crippen LogP contribution >= 0.6 is 0 Å². The standard InChI is InChI=1S/2C10H9NO3S.Mn.9H2O/c2*11-9-5-1-4-8-7(9)3-2-6-10(8)15(12,13)14;;;;;;;;;;/h2*1-6H,11H2,(H,12,13,14);;9*1H2/q;;+2;;;;;;;;;/p+4. The molecule has 0 aliphatic carbocycles. The van der Waals surface area contributed by atoms with Gasteiger partial charge < -0.3 is 69.9 Å². The predicted octanol–water partition coefficient (Wildman–Crippen LogP) is -5.36. The minimum absolute atomic E-state index is 0. The SMILES string of the molecule is Nc1cccc2c(S(=O)(=O)[O-])cccc12.Nc1cccc2c(S(=O)(=O)[O-])cccc12.O.O.O.[Mn+2].[OH3+].[OH3+].[OH3+].[OH3+].[OH3+].[OH3+]. The largest absolute Gasteiger partial charge is 2.00 e. The average Bonchev–Trinajstić information content (AvgIpc) is 2.67. The summed E-state index contributed by atoms with van der Waals surface area (Å²) in [4.78, 5) is -0.459. The number of hydrogen-bond acceptors (Lipinski definition) is 8. The van der Waals surface area contributed by atoms with E-state index in [1.165, 1.54) is 24.3 Å². The van der Waals surface area contributed by atoms with Crippen molar-refractivity contribution in [3.8, 4) is 0 Å². The van der Waals surface area contributed by atoms with Gasteiger partial charge in [0.05, 0.1) is 9.79 Å². The summed E-state index contributed by atoms with van der Waals surface area (Å²) in [6, 6.07) is 18.6. The zero-order chi connectivity index (χ0) is 22.1. The molecule has 0 unspecified atom stereocenters. The summed E-state index contributed by atoms with van der Waals surface area (Å²) in [5.41, 5.74) is 12.3. The van der Waals surface area contributed by atoms with Crippen LogP contribution < -0.4 is 11.5 Å². The molecule has 1 radical (unpaired) electrons. The molecular formula is C20H40MnN2O15S2+6. The molecular weight excluding hydrogens is 627 g/mol.